The number of carbonyl (C=O) groups is 2. The second-order valence-electron chi connectivity index (χ2n) is 6.06. The fourth-order valence-corrected chi connectivity index (χ4v) is 2.65. The SMILES string of the molecule is CCOC(=O)C1(C(=O)C(C)(C)C)CC(CC)C1. The molecule has 3 heteroatoms. The molecule has 0 aromatic heterocycles. The van der Waals surface area contributed by atoms with Crippen molar-refractivity contribution in [3.05, 3.63) is 0 Å². The van der Waals surface area contributed by atoms with E-state index < -0.39 is 10.8 Å². The lowest BCUT2D eigenvalue weighted by Crippen LogP contribution is -2.54. The van der Waals surface area contributed by atoms with Crippen LogP contribution in [0.3, 0.4) is 0 Å². The Balaban J connectivity index is 2.90. The quantitative estimate of drug-likeness (QED) is 0.560. The second kappa shape index (κ2) is 4.79. The highest BCUT2D eigenvalue weighted by Gasteiger charge is 2.58. The molecule has 0 aromatic rings. The number of ketones is 1. The van der Waals surface area contributed by atoms with E-state index in [1.807, 2.05) is 20.8 Å². The van der Waals surface area contributed by atoms with Crippen LogP contribution in [0.1, 0.15) is 53.9 Å². The molecule has 0 heterocycles. The molecule has 0 unspecified atom stereocenters. The molecule has 0 atom stereocenters. The van der Waals surface area contributed by atoms with E-state index in [9.17, 15) is 9.59 Å². The maximum absolute atomic E-state index is 12.4. The van der Waals surface area contributed by atoms with E-state index in [2.05, 4.69) is 6.92 Å². The van der Waals surface area contributed by atoms with Crippen LogP contribution in [0.5, 0.6) is 0 Å². The molecule has 0 bridgehead atoms. The van der Waals surface area contributed by atoms with E-state index in [0.717, 1.165) is 6.42 Å². The standard InChI is InChI=1S/C14H24O3/c1-6-10-8-14(9-10,12(16)17-7-2)11(15)13(3,4)5/h10H,6-9H2,1-5H3. The van der Waals surface area contributed by atoms with Crippen LogP contribution < -0.4 is 0 Å². The van der Waals surface area contributed by atoms with Gasteiger partial charge in [0.25, 0.3) is 0 Å². The predicted octanol–water partition coefficient (Wildman–Crippen LogP) is 2.97. The maximum Gasteiger partial charge on any atom is 0.319 e. The first-order valence-corrected chi connectivity index (χ1v) is 6.50. The van der Waals surface area contributed by atoms with Crippen LogP contribution in [0, 0.1) is 16.7 Å². The number of hydrogen-bond acceptors (Lipinski definition) is 3. The molecule has 1 aliphatic carbocycles. The minimum Gasteiger partial charge on any atom is -0.465 e. The molecule has 1 rings (SSSR count). The smallest absolute Gasteiger partial charge is 0.319 e. The maximum atomic E-state index is 12.4. The highest BCUT2D eigenvalue weighted by molar-refractivity contribution is 6.07. The van der Waals surface area contributed by atoms with Gasteiger partial charge in [-0.05, 0) is 25.7 Å². The predicted molar refractivity (Wildman–Crippen MR) is 66.5 cm³/mol. The summed E-state index contributed by atoms with van der Waals surface area (Å²) in [5, 5.41) is 0. The number of hydrogen-bond donors (Lipinski definition) is 0. The molecule has 1 saturated carbocycles. The van der Waals surface area contributed by atoms with Crippen molar-refractivity contribution in [3.63, 3.8) is 0 Å². The van der Waals surface area contributed by atoms with E-state index in [4.69, 9.17) is 4.74 Å². The lowest BCUT2D eigenvalue weighted by atomic mass is 9.55. The van der Waals surface area contributed by atoms with Crippen LogP contribution in [0.15, 0.2) is 0 Å². The van der Waals surface area contributed by atoms with Crippen LogP contribution >= 0.6 is 0 Å². The molecule has 0 aromatic carbocycles. The van der Waals surface area contributed by atoms with Gasteiger partial charge in [0.2, 0.25) is 0 Å². The molecule has 1 aliphatic rings. The van der Waals surface area contributed by atoms with Crippen molar-refractivity contribution in [2.75, 3.05) is 6.61 Å². The van der Waals surface area contributed by atoms with Gasteiger partial charge >= 0.3 is 5.97 Å². The van der Waals surface area contributed by atoms with Crippen LogP contribution in [0.2, 0.25) is 0 Å². The van der Waals surface area contributed by atoms with Crippen LogP contribution in [-0.4, -0.2) is 18.4 Å². The van der Waals surface area contributed by atoms with Crippen molar-refractivity contribution in [2.45, 2.75) is 53.9 Å². The monoisotopic (exact) mass is 240 g/mol. The first-order chi connectivity index (χ1) is 7.78. The molecule has 17 heavy (non-hydrogen) atoms. The molecular formula is C14H24O3. The minimum absolute atomic E-state index is 0.0353. The Labute approximate surface area is 104 Å². The molecule has 0 N–H and O–H groups in total. The van der Waals surface area contributed by atoms with Crippen molar-refractivity contribution in [2.24, 2.45) is 16.7 Å². The zero-order chi connectivity index (χ0) is 13.3. The van der Waals surface area contributed by atoms with Gasteiger partial charge in [-0.3, -0.25) is 9.59 Å². The van der Waals surface area contributed by atoms with Crippen molar-refractivity contribution < 1.29 is 14.3 Å². The van der Waals surface area contributed by atoms with E-state index in [1.54, 1.807) is 6.92 Å². The average Bonchev–Trinajstić information content (AvgIpc) is 2.15. The van der Waals surface area contributed by atoms with Crippen molar-refractivity contribution in [3.8, 4) is 0 Å². The van der Waals surface area contributed by atoms with Gasteiger partial charge in [0.05, 0.1) is 6.61 Å². The number of Topliss-reactive ketones (excluding diaryl/α,β-unsaturated/α-hetero) is 1. The molecule has 0 aliphatic heterocycles. The summed E-state index contributed by atoms with van der Waals surface area (Å²) in [6.07, 6.45) is 2.36. The molecule has 0 saturated heterocycles. The van der Waals surface area contributed by atoms with Crippen molar-refractivity contribution in [1.82, 2.24) is 0 Å². The third-order valence-corrected chi connectivity index (χ3v) is 3.63. The number of rotatable bonds is 4. The minimum atomic E-state index is -0.852. The van der Waals surface area contributed by atoms with E-state index in [0.29, 0.717) is 25.4 Å². The molecule has 1 fully saturated rings. The number of esters is 1. The third-order valence-electron chi connectivity index (χ3n) is 3.63. The van der Waals surface area contributed by atoms with Gasteiger partial charge in [0.1, 0.15) is 5.41 Å². The van der Waals surface area contributed by atoms with E-state index >= 15 is 0 Å². The lowest BCUT2D eigenvalue weighted by Gasteiger charge is -2.46. The summed E-state index contributed by atoms with van der Waals surface area (Å²) in [7, 11) is 0. The first-order valence-electron chi connectivity index (χ1n) is 6.50. The van der Waals surface area contributed by atoms with Crippen LogP contribution in [-0.2, 0) is 14.3 Å². The van der Waals surface area contributed by atoms with Gasteiger partial charge in [-0.25, -0.2) is 0 Å². The molecule has 0 radical (unpaired) electrons. The lowest BCUT2D eigenvalue weighted by molar-refractivity contribution is -0.173. The summed E-state index contributed by atoms with van der Waals surface area (Å²) in [6.45, 7) is 9.83. The van der Waals surface area contributed by atoms with Gasteiger partial charge in [-0.2, -0.15) is 0 Å². The van der Waals surface area contributed by atoms with Crippen LogP contribution in [0.4, 0.5) is 0 Å². The van der Waals surface area contributed by atoms with E-state index in [1.165, 1.54) is 0 Å². The zero-order valence-electron chi connectivity index (χ0n) is 11.6. The van der Waals surface area contributed by atoms with Gasteiger partial charge in [0, 0.05) is 5.41 Å². The first kappa shape index (κ1) is 14.2. The summed E-state index contributed by atoms with van der Waals surface area (Å²) in [4.78, 5) is 24.5. The molecule has 98 valence electrons. The van der Waals surface area contributed by atoms with Crippen molar-refractivity contribution in [1.29, 1.82) is 0 Å². The summed E-state index contributed by atoms with van der Waals surface area (Å²) in [6, 6.07) is 0. The van der Waals surface area contributed by atoms with Gasteiger partial charge in [-0.15, -0.1) is 0 Å². The molecule has 3 nitrogen and oxygen atoms in total. The summed E-state index contributed by atoms with van der Waals surface area (Å²) in [5.41, 5.74) is -1.33. The Kier molecular flexibility index (Phi) is 4.00. The average molecular weight is 240 g/mol. The Morgan fingerprint density at radius 2 is 1.76 bits per heavy atom. The Hall–Kier alpha value is -0.860. The fraction of sp³-hybridized carbons (Fsp3) is 0.857. The summed E-state index contributed by atoms with van der Waals surface area (Å²) < 4.78 is 5.10. The molecule has 0 spiro atoms. The summed E-state index contributed by atoms with van der Waals surface area (Å²) in [5.74, 6) is 0.212. The van der Waals surface area contributed by atoms with E-state index in [-0.39, 0.29) is 11.8 Å². The summed E-state index contributed by atoms with van der Waals surface area (Å²) >= 11 is 0. The number of carbonyl (C=O) groups excluding carboxylic acids is 2. The highest BCUT2D eigenvalue weighted by Crippen LogP contribution is 2.51. The molecule has 0 amide bonds. The second-order valence-corrected chi connectivity index (χ2v) is 6.06. The van der Waals surface area contributed by atoms with Gasteiger partial charge in [0.15, 0.2) is 5.78 Å². The Morgan fingerprint density at radius 3 is 2.12 bits per heavy atom. The van der Waals surface area contributed by atoms with Gasteiger partial charge in [-0.1, -0.05) is 34.1 Å². The third kappa shape index (κ3) is 2.53. The Morgan fingerprint density at radius 1 is 1.24 bits per heavy atom. The molecular weight excluding hydrogens is 216 g/mol. The largest absolute Gasteiger partial charge is 0.465 e. The number of ether oxygens (including phenoxy) is 1. The van der Waals surface area contributed by atoms with Crippen LogP contribution in [0.25, 0.3) is 0 Å². The highest BCUT2D eigenvalue weighted by atomic mass is 16.5. The topological polar surface area (TPSA) is 43.4 Å². The normalized spacial score (nSPS) is 28.4. The van der Waals surface area contributed by atoms with Crippen molar-refractivity contribution >= 4 is 11.8 Å². The van der Waals surface area contributed by atoms with Gasteiger partial charge < -0.3 is 4.74 Å². The Bertz CT molecular complexity index is 306. The zero-order valence-corrected chi connectivity index (χ0v) is 11.6. The fourth-order valence-electron chi connectivity index (χ4n) is 2.65.